The molecule has 0 aliphatic heterocycles. The summed E-state index contributed by atoms with van der Waals surface area (Å²) in [5, 5.41) is 6.79. The maximum absolute atomic E-state index is 7.23. The van der Waals surface area contributed by atoms with Crippen molar-refractivity contribution in [2.45, 2.75) is 13.8 Å². The Balaban J connectivity index is 0.000000230. The van der Waals surface area contributed by atoms with E-state index in [1.54, 1.807) is 18.2 Å². The summed E-state index contributed by atoms with van der Waals surface area (Å²) in [5.41, 5.74) is 10.1. The van der Waals surface area contributed by atoms with Crippen LogP contribution < -0.4 is 0 Å². The van der Waals surface area contributed by atoms with Gasteiger partial charge in [0.05, 0.1) is 33.8 Å². The standard InChI is InChI=1S/C39H24N3O.C12H10N.Ir/c1-24-36-34(23-33(40-24)26-12-4-2-5-13-26)41-39(42(36)28-14-6-3-7-15-28)32-18-10-17-30-31-22-21-27-20-19-25-11-8-9-16-29(25)35(27)38(31)43-37(30)32;1-10-7-8-12(13-9-10)11-5-3-2-4-6-11;/h2-17,19-23H,1H3;2-5,7-9H,1H3;/q2*-1;/i;1D3;. The van der Waals surface area contributed by atoms with Crippen molar-refractivity contribution in [2.24, 2.45) is 0 Å². The quantitative estimate of drug-likeness (QED) is 0.130. The number of aryl methyl sites for hydroxylation is 2. The number of fused-ring (bicyclic) bond motifs is 8. The SMILES string of the molecule is Cc1nc(-c2ccccc2)cc2nc(-c3[c-]ccc4c3oc3c4ccc4ccc5ccccc5c43)n(-c3ccccc3)c12.[2H]C([2H])([2H])c1ccc(-c2[c-]cccc2)nc1.[Ir]. The van der Waals surface area contributed by atoms with Crippen LogP contribution in [0.2, 0.25) is 0 Å². The number of hydrogen-bond acceptors (Lipinski definition) is 4. The van der Waals surface area contributed by atoms with E-state index in [4.69, 9.17) is 18.5 Å². The van der Waals surface area contributed by atoms with Crippen molar-refractivity contribution < 1.29 is 28.6 Å². The smallest absolute Gasteiger partial charge is 0.129 e. The van der Waals surface area contributed by atoms with Crippen LogP contribution >= 0.6 is 0 Å². The number of para-hydroxylation sites is 1. The maximum Gasteiger partial charge on any atom is 0.129 e. The molecule has 0 spiro atoms. The van der Waals surface area contributed by atoms with Gasteiger partial charge in [-0.1, -0.05) is 120 Å². The largest absolute Gasteiger partial charge is 0.500 e. The summed E-state index contributed by atoms with van der Waals surface area (Å²) in [6.45, 7) is -0.0334. The molecule has 0 saturated heterocycles. The third-order valence-corrected chi connectivity index (χ3v) is 10.2. The molecule has 275 valence electrons. The van der Waals surface area contributed by atoms with Crippen LogP contribution in [0.5, 0.6) is 0 Å². The average molecular weight is 914 g/mol. The summed E-state index contributed by atoms with van der Waals surface area (Å²) in [6, 6.07) is 61.2. The summed E-state index contributed by atoms with van der Waals surface area (Å²) in [4.78, 5) is 14.4. The minimum absolute atomic E-state index is 0. The van der Waals surface area contributed by atoms with Crippen molar-refractivity contribution in [3.05, 3.63) is 193 Å². The van der Waals surface area contributed by atoms with Crippen LogP contribution in [-0.4, -0.2) is 19.5 Å². The first kappa shape index (κ1) is 32.5. The van der Waals surface area contributed by atoms with E-state index >= 15 is 0 Å². The summed E-state index contributed by atoms with van der Waals surface area (Å²) in [5.74, 6) is 0.773. The molecule has 0 N–H and O–H groups in total. The van der Waals surface area contributed by atoms with Gasteiger partial charge >= 0.3 is 0 Å². The number of furan rings is 1. The van der Waals surface area contributed by atoms with Crippen LogP contribution in [0.1, 0.15) is 15.4 Å². The zero-order valence-corrected chi connectivity index (χ0v) is 33.1. The van der Waals surface area contributed by atoms with Crippen LogP contribution in [0.15, 0.2) is 174 Å². The van der Waals surface area contributed by atoms with E-state index in [2.05, 4.69) is 126 Å². The maximum atomic E-state index is 7.23. The van der Waals surface area contributed by atoms with Gasteiger partial charge in [0.2, 0.25) is 0 Å². The molecular formula is C51H34IrN4O-2. The second-order valence-electron chi connectivity index (χ2n) is 13.7. The predicted molar refractivity (Wildman–Crippen MR) is 229 cm³/mol. The van der Waals surface area contributed by atoms with Crippen molar-refractivity contribution in [1.82, 2.24) is 19.5 Å². The molecule has 4 aromatic heterocycles. The van der Waals surface area contributed by atoms with E-state index < -0.39 is 6.85 Å². The molecule has 6 heteroatoms. The summed E-state index contributed by atoms with van der Waals surface area (Å²) in [7, 11) is 0. The van der Waals surface area contributed by atoms with Gasteiger partial charge in [-0.15, -0.1) is 54.1 Å². The normalized spacial score (nSPS) is 12.2. The average Bonchev–Trinajstić information content (AvgIpc) is 3.87. The molecule has 11 aromatic rings. The molecule has 0 bridgehead atoms. The Morgan fingerprint density at radius 3 is 2.18 bits per heavy atom. The van der Waals surface area contributed by atoms with Crippen molar-refractivity contribution >= 4 is 54.5 Å². The Hall–Kier alpha value is -6.72. The van der Waals surface area contributed by atoms with Crippen molar-refractivity contribution in [3.63, 3.8) is 0 Å². The van der Waals surface area contributed by atoms with Crippen LogP contribution in [0.25, 0.3) is 94.1 Å². The second-order valence-corrected chi connectivity index (χ2v) is 13.7. The summed E-state index contributed by atoms with van der Waals surface area (Å²) < 4.78 is 30.8. The van der Waals surface area contributed by atoms with Gasteiger partial charge < -0.3 is 14.0 Å². The molecule has 0 unspecified atom stereocenters. The molecule has 0 saturated carbocycles. The third kappa shape index (κ3) is 6.49. The van der Waals surface area contributed by atoms with E-state index in [1.165, 1.54) is 17.0 Å². The Bertz CT molecular complexity index is 3310. The van der Waals surface area contributed by atoms with E-state index in [0.29, 0.717) is 0 Å². The van der Waals surface area contributed by atoms with E-state index in [0.717, 1.165) is 89.0 Å². The van der Waals surface area contributed by atoms with Gasteiger partial charge in [0.15, 0.2) is 0 Å². The predicted octanol–water partition coefficient (Wildman–Crippen LogP) is 12.9. The van der Waals surface area contributed by atoms with Crippen LogP contribution in [0.3, 0.4) is 0 Å². The van der Waals surface area contributed by atoms with Crippen LogP contribution in [-0.2, 0) is 20.1 Å². The molecule has 0 aliphatic carbocycles. The molecule has 0 atom stereocenters. The van der Waals surface area contributed by atoms with E-state index in [1.807, 2.05) is 48.5 Å². The van der Waals surface area contributed by atoms with Crippen molar-refractivity contribution in [3.8, 4) is 39.6 Å². The van der Waals surface area contributed by atoms with Gasteiger partial charge in [-0.05, 0) is 59.4 Å². The van der Waals surface area contributed by atoms with E-state index in [-0.39, 0.29) is 25.7 Å². The minimum Gasteiger partial charge on any atom is -0.500 e. The molecule has 1 radical (unpaired) electrons. The first-order valence-corrected chi connectivity index (χ1v) is 18.4. The zero-order valence-electron chi connectivity index (χ0n) is 33.7. The molecule has 0 amide bonds. The molecule has 4 heterocycles. The first-order valence-electron chi connectivity index (χ1n) is 19.9. The number of benzene rings is 7. The van der Waals surface area contributed by atoms with Gasteiger partial charge in [-0.2, -0.15) is 0 Å². The fraction of sp³-hybridized carbons (Fsp3) is 0.0392. The van der Waals surface area contributed by atoms with Crippen molar-refractivity contribution in [2.75, 3.05) is 0 Å². The van der Waals surface area contributed by atoms with Crippen LogP contribution in [0.4, 0.5) is 0 Å². The minimum atomic E-state index is -2.09. The Morgan fingerprint density at radius 2 is 1.39 bits per heavy atom. The number of hydrogen-bond donors (Lipinski definition) is 0. The summed E-state index contributed by atoms with van der Waals surface area (Å²) >= 11 is 0. The number of aromatic nitrogens is 4. The number of nitrogens with zero attached hydrogens (tertiary/aromatic N) is 4. The topological polar surface area (TPSA) is 56.7 Å². The molecule has 0 aliphatic rings. The van der Waals surface area contributed by atoms with Gasteiger partial charge in [0, 0.05) is 52.4 Å². The monoisotopic (exact) mass is 914 g/mol. The van der Waals surface area contributed by atoms with E-state index in [9.17, 15) is 0 Å². The summed E-state index contributed by atoms with van der Waals surface area (Å²) in [6.07, 6.45) is 1.39. The van der Waals surface area contributed by atoms with Gasteiger partial charge in [-0.25, -0.2) is 0 Å². The fourth-order valence-corrected chi connectivity index (χ4v) is 7.59. The fourth-order valence-electron chi connectivity index (χ4n) is 7.59. The first-order chi connectivity index (χ1) is 28.8. The second kappa shape index (κ2) is 15.1. The number of pyridine rings is 2. The molecule has 11 rings (SSSR count). The van der Waals surface area contributed by atoms with Crippen LogP contribution in [0, 0.1) is 25.9 Å². The van der Waals surface area contributed by atoms with Gasteiger partial charge in [-0.3, -0.25) is 9.97 Å². The van der Waals surface area contributed by atoms with Crippen molar-refractivity contribution in [1.29, 1.82) is 0 Å². The molecule has 7 aromatic carbocycles. The number of rotatable bonds is 4. The number of imidazole rings is 1. The van der Waals surface area contributed by atoms with Gasteiger partial charge in [0.25, 0.3) is 0 Å². The Morgan fingerprint density at radius 1 is 0.632 bits per heavy atom. The molecule has 0 fully saturated rings. The molecular weight excluding hydrogens is 877 g/mol. The Labute approximate surface area is 347 Å². The van der Waals surface area contributed by atoms with Gasteiger partial charge in [0.1, 0.15) is 5.58 Å². The molecule has 57 heavy (non-hydrogen) atoms. The molecule has 5 nitrogen and oxygen atoms in total. The third-order valence-electron chi connectivity index (χ3n) is 10.2. The Kier molecular flexibility index (Phi) is 8.60. The zero-order chi connectivity index (χ0) is 40.1.